The van der Waals surface area contributed by atoms with Crippen molar-refractivity contribution < 1.29 is 9.59 Å². The minimum absolute atomic E-state index is 0.129. The Labute approximate surface area is 155 Å². The Bertz CT molecular complexity index is 628. The van der Waals surface area contributed by atoms with Gasteiger partial charge in [-0.15, -0.1) is 0 Å². The summed E-state index contributed by atoms with van der Waals surface area (Å²) >= 11 is 0. The van der Waals surface area contributed by atoms with E-state index in [0.717, 1.165) is 25.6 Å². The minimum Gasteiger partial charge on any atom is -0.338 e. The molecule has 1 heterocycles. The zero-order valence-corrected chi connectivity index (χ0v) is 15.6. The predicted octanol–water partition coefficient (Wildman–Crippen LogP) is 3.42. The van der Waals surface area contributed by atoms with Gasteiger partial charge in [-0.1, -0.05) is 25.3 Å². The quantitative estimate of drug-likeness (QED) is 0.755. The second kappa shape index (κ2) is 9.03. The second-order valence-corrected chi connectivity index (χ2v) is 7.54. The first-order valence-corrected chi connectivity index (χ1v) is 9.77. The van der Waals surface area contributed by atoms with Crippen LogP contribution in [0.1, 0.15) is 45.4 Å². The molecule has 1 saturated heterocycles. The first-order chi connectivity index (χ1) is 12.6. The van der Waals surface area contributed by atoms with Crippen molar-refractivity contribution in [2.45, 2.75) is 51.5 Å². The lowest BCUT2D eigenvalue weighted by molar-refractivity contribution is -0.114. The van der Waals surface area contributed by atoms with Crippen molar-refractivity contribution in [3.8, 4) is 0 Å². The summed E-state index contributed by atoms with van der Waals surface area (Å²) in [6.45, 7) is 4.44. The van der Waals surface area contributed by atoms with Gasteiger partial charge in [0.15, 0.2) is 0 Å². The van der Waals surface area contributed by atoms with E-state index in [9.17, 15) is 9.59 Å². The molecule has 1 aromatic carbocycles. The Kier molecular flexibility index (Phi) is 6.50. The fraction of sp³-hybridized carbons (Fsp3) is 0.600. The summed E-state index contributed by atoms with van der Waals surface area (Å²) in [7, 11) is 0. The third kappa shape index (κ3) is 5.46. The molecular formula is C20H30N4O2. The van der Waals surface area contributed by atoms with Crippen molar-refractivity contribution in [2.24, 2.45) is 5.92 Å². The van der Waals surface area contributed by atoms with Crippen LogP contribution in [0, 0.1) is 5.92 Å². The van der Waals surface area contributed by atoms with Crippen LogP contribution in [0.5, 0.6) is 0 Å². The van der Waals surface area contributed by atoms with E-state index in [1.807, 2.05) is 6.07 Å². The summed E-state index contributed by atoms with van der Waals surface area (Å²) in [5.41, 5.74) is 1.35. The predicted molar refractivity (Wildman–Crippen MR) is 104 cm³/mol. The van der Waals surface area contributed by atoms with Crippen LogP contribution < -0.4 is 16.0 Å². The van der Waals surface area contributed by atoms with Crippen molar-refractivity contribution in [2.75, 3.05) is 30.3 Å². The van der Waals surface area contributed by atoms with Crippen LogP contribution in [0.2, 0.25) is 0 Å². The summed E-state index contributed by atoms with van der Waals surface area (Å²) < 4.78 is 0. The molecule has 1 aliphatic carbocycles. The van der Waals surface area contributed by atoms with Gasteiger partial charge in [0.1, 0.15) is 0 Å². The number of likely N-dealkylation sites (tertiary alicyclic amines) is 1. The SMILES string of the molecule is CC(=O)Nc1cccc(NC(=O)NC[C@H]2CCN(C3CCCCC3)C2)c1. The van der Waals surface area contributed by atoms with Gasteiger partial charge < -0.3 is 20.9 Å². The third-order valence-electron chi connectivity index (χ3n) is 5.40. The van der Waals surface area contributed by atoms with E-state index in [4.69, 9.17) is 0 Å². The summed E-state index contributed by atoms with van der Waals surface area (Å²) in [6.07, 6.45) is 7.96. The van der Waals surface area contributed by atoms with Crippen LogP contribution in [-0.2, 0) is 4.79 Å². The molecule has 142 valence electrons. The molecule has 6 heteroatoms. The summed E-state index contributed by atoms with van der Waals surface area (Å²) in [4.78, 5) is 25.9. The Morgan fingerprint density at radius 3 is 2.54 bits per heavy atom. The number of rotatable bonds is 5. The van der Waals surface area contributed by atoms with Gasteiger partial charge in [-0.3, -0.25) is 4.79 Å². The molecule has 0 bridgehead atoms. The molecule has 1 atom stereocenters. The van der Waals surface area contributed by atoms with Crippen LogP contribution in [0.15, 0.2) is 24.3 Å². The zero-order valence-electron chi connectivity index (χ0n) is 15.6. The molecule has 0 aromatic heterocycles. The number of hydrogen-bond acceptors (Lipinski definition) is 3. The minimum atomic E-state index is -0.193. The van der Waals surface area contributed by atoms with Gasteiger partial charge in [-0.25, -0.2) is 4.79 Å². The standard InChI is InChI=1S/C20H30N4O2/c1-15(25)22-17-6-5-7-18(12-17)23-20(26)21-13-16-10-11-24(14-16)19-8-3-2-4-9-19/h5-7,12,16,19H,2-4,8-11,13-14H2,1H3,(H,22,25)(H2,21,23,26)/t16-/m1/s1. The van der Waals surface area contributed by atoms with Gasteiger partial charge in [-0.2, -0.15) is 0 Å². The average molecular weight is 358 g/mol. The molecule has 1 aliphatic heterocycles. The molecule has 0 unspecified atom stereocenters. The number of carbonyl (C=O) groups is 2. The van der Waals surface area contributed by atoms with E-state index in [2.05, 4.69) is 20.9 Å². The number of nitrogens with zero attached hydrogens (tertiary/aromatic N) is 1. The average Bonchev–Trinajstić information content (AvgIpc) is 3.09. The number of carbonyl (C=O) groups excluding carboxylic acids is 2. The smallest absolute Gasteiger partial charge is 0.319 e. The molecule has 1 saturated carbocycles. The monoisotopic (exact) mass is 358 g/mol. The maximum atomic E-state index is 12.2. The molecule has 3 N–H and O–H groups in total. The Morgan fingerprint density at radius 2 is 1.81 bits per heavy atom. The number of hydrogen-bond donors (Lipinski definition) is 3. The highest BCUT2D eigenvalue weighted by Crippen LogP contribution is 2.27. The van der Waals surface area contributed by atoms with Gasteiger partial charge in [0.05, 0.1) is 0 Å². The van der Waals surface area contributed by atoms with Gasteiger partial charge >= 0.3 is 6.03 Å². The maximum absolute atomic E-state index is 12.2. The van der Waals surface area contributed by atoms with Gasteiger partial charge in [-0.05, 0) is 49.9 Å². The number of amides is 3. The third-order valence-corrected chi connectivity index (χ3v) is 5.40. The van der Waals surface area contributed by atoms with Crippen molar-refractivity contribution in [1.82, 2.24) is 10.2 Å². The normalized spacial score (nSPS) is 21.3. The van der Waals surface area contributed by atoms with Crippen molar-refractivity contribution in [3.05, 3.63) is 24.3 Å². The number of nitrogens with one attached hydrogen (secondary N) is 3. The molecule has 26 heavy (non-hydrogen) atoms. The van der Waals surface area contributed by atoms with E-state index in [-0.39, 0.29) is 11.9 Å². The first kappa shape index (κ1) is 18.7. The number of anilines is 2. The van der Waals surface area contributed by atoms with E-state index in [0.29, 0.717) is 23.8 Å². The first-order valence-electron chi connectivity index (χ1n) is 9.77. The summed E-state index contributed by atoms with van der Waals surface area (Å²) in [6, 6.07) is 7.73. The van der Waals surface area contributed by atoms with Crippen LogP contribution in [0.4, 0.5) is 16.2 Å². The summed E-state index contributed by atoms with van der Waals surface area (Å²) in [5, 5.41) is 8.55. The van der Waals surface area contributed by atoms with Gasteiger partial charge in [0.25, 0.3) is 0 Å². The van der Waals surface area contributed by atoms with Gasteiger partial charge in [0.2, 0.25) is 5.91 Å². The molecule has 3 amide bonds. The lowest BCUT2D eigenvalue weighted by atomic mass is 9.94. The fourth-order valence-electron chi connectivity index (χ4n) is 4.10. The van der Waals surface area contributed by atoms with E-state index in [1.54, 1.807) is 18.2 Å². The van der Waals surface area contributed by atoms with Crippen molar-refractivity contribution in [1.29, 1.82) is 0 Å². The molecular weight excluding hydrogens is 328 g/mol. The second-order valence-electron chi connectivity index (χ2n) is 7.54. The largest absolute Gasteiger partial charge is 0.338 e. The highest BCUT2D eigenvalue weighted by molar-refractivity contribution is 5.92. The van der Waals surface area contributed by atoms with Crippen LogP contribution >= 0.6 is 0 Å². The number of benzene rings is 1. The van der Waals surface area contributed by atoms with E-state index in [1.165, 1.54) is 39.0 Å². The molecule has 6 nitrogen and oxygen atoms in total. The van der Waals surface area contributed by atoms with Crippen LogP contribution in [0.25, 0.3) is 0 Å². The highest BCUT2D eigenvalue weighted by atomic mass is 16.2. The van der Waals surface area contributed by atoms with Gasteiger partial charge in [0, 0.05) is 37.4 Å². The number of urea groups is 1. The topological polar surface area (TPSA) is 73.5 Å². The lowest BCUT2D eigenvalue weighted by Crippen LogP contribution is -2.37. The Hall–Kier alpha value is -2.08. The molecule has 2 aliphatic rings. The molecule has 3 rings (SSSR count). The summed E-state index contributed by atoms with van der Waals surface area (Å²) in [5.74, 6) is 0.406. The molecule has 0 spiro atoms. The van der Waals surface area contributed by atoms with Crippen LogP contribution in [0.3, 0.4) is 0 Å². The maximum Gasteiger partial charge on any atom is 0.319 e. The molecule has 0 radical (unpaired) electrons. The molecule has 2 fully saturated rings. The molecule has 1 aromatic rings. The van der Waals surface area contributed by atoms with Crippen LogP contribution in [-0.4, -0.2) is 42.5 Å². The van der Waals surface area contributed by atoms with E-state index < -0.39 is 0 Å². The zero-order chi connectivity index (χ0) is 18.4. The highest BCUT2D eigenvalue weighted by Gasteiger charge is 2.29. The lowest BCUT2D eigenvalue weighted by Gasteiger charge is -2.31. The van der Waals surface area contributed by atoms with Crippen molar-refractivity contribution in [3.63, 3.8) is 0 Å². The Balaban J connectivity index is 1.41. The van der Waals surface area contributed by atoms with E-state index >= 15 is 0 Å². The van der Waals surface area contributed by atoms with Crippen molar-refractivity contribution >= 4 is 23.3 Å². The Morgan fingerprint density at radius 1 is 1.08 bits per heavy atom. The fourth-order valence-corrected chi connectivity index (χ4v) is 4.10.